The van der Waals surface area contributed by atoms with E-state index in [9.17, 15) is 4.79 Å². The van der Waals surface area contributed by atoms with Gasteiger partial charge in [0.25, 0.3) is 0 Å². The number of hydrogen-bond acceptors (Lipinski definition) is 3. The quantitative estimate of drug-likeness (QED) is 0.742. The molecule has 1 rings (SSSR count). The van der Waals surface area contributed by atoms with Crippen molar-refractivity contribution in [2.45, 2.75) is 26.7 Å². The Bertz CT molecular complexity index is 308. The first-order valence-corrected chi connectivity index (χ1v) is 6.45. The number of rotatable bonds is 6. The molecule has 0 N–H and O–H groups in total. The molecule has 1 heterocycles. The normalized spacial score (nSPS) is 10.3. The summed E-state index contributed by atoms with van der Waals surface area (Å²) in [6.45, 7) is 4.16. The van der Waals surface area contributed by atoms with E-state index in [4.69, 9.17) is 0 Å². The fourth-order valence-electron chi connectivity index (χ4n) is 1.24. The number of ketones is 1. The average molecular weight is 223 g/mol. The molecule has 82 valence electrons. The number of carbonyl (C=O) groups is 1. The first kappa shape index (κ1) is 12.2. The van der Waals surface area contributed by atoms with Gasteiger partial charge in [-0.25, -0.2) is 0 Å². The SMILES string of the molecule is CCSCC(=O)Cc1ccc(CC)cn1. The van der Waals surface area contributed by atoms with E-state index in [-0.39, 0.29) is 5.78 Å². The van der Waals surface area contributed by atoms with Crippen LogP contribution >= 0.6 is 11.8 Å². The van der Waals surface area contributed by atoms with Crippen LogP contribution in [-0.4, -0.2) is 22.3 Å². The van der Waals surface area contributed by atoms with Gasteiger partial charge in [-0.15, -0.1) is 0 Å². The Hall–Kier alpha value is -0.830. The molecular formula is C12H17NOS. The van der Waals surface area contributed by atoms with Crippen LogP contribution in [0.5, 0.6) is 0 Å². The molecule has 0 aliphatic heterocycles. The Morgan fingerprint density at radius 3 is 2.73 bits per heavy atom. The third kappa shape index (κ3) is 4.47. The Labute approximate surface area is 95.5 Å². The highest BCUT2D eigenvalue weighted by molar-refractivity contribution is 7.99. The monoisotopic (exact) mass is 223 g/mol. The van der Waals surface area contributed by atoms with Crippen LogP contribution < -0.4 is 0 Å². The van der Waals surface area contributed by atoms with Crippen molar-refractivity contribution in [3.8, 4) is 0 Å². The van der Waals surface area contributed by atoms with Crippen molar-refractivity contribution in [1.82, 2.24) is 4.98 Å². The van der Waals surface area contributed by atoms with Crippen molar-refractivity contribution in [2.24, 2.45) is 0 Å². The number of aromatic nitrogens is 1. The predicted molar refractivity (Wildman–Crippen MR) is 65.3 cm³/mol. The average Bonchev–Trinajstić information content (AvgIpc) is 2.27. The molecule has 0 aliphatic rings. The Morgan fingerprint density at radius 1 is 1.40 bits per heavy atom. The molecule has 0 aromatic carbocycles. The number of hydrogen-bond donors (Lipinski definition) is 0. The number of aryl methyl sites for hydroxylation is 1. The van der Waals surface area contributed by atoms with Gasteiger partial charge in [0.05, 0.1) is 5.75 Å². The number of carbonyl (C=O) groups excluding carboxylic acids is 1. The molecule has 15 heavy (non-hydrogen) atoms. The summed E-state index contributed by atoms with van der Waals surface area (Å²) in [4.78, 5) is 15.7. The highest BCUT2D eigenvalue weighted by atomic mass is 32.2. The topological polar surface area (TPSA) is 30.0 Å². The summed E-state index contributed by atoms with van der Waals surface area (Å²) in [5.41, 5.74) is 2.10. The van der Waals surface area contributed by atoms with Gasteiger partial charge >= 0.3 is 0 Å². The van der Waals surface area contributed by atoms with Gasteiger partial charge < -0.3 is 0 Å². The van der Waals surface area contributed by atoms with E-state index in [1.54, 1.807) is 11.8 Å². The van der Waals surface area contributed by atoms with Gasteiger partial charge in [-0.1, -0.05) is 19.9 Å². The summed E-state index contributed by atoms with van der Waals surface area (Å²) in [5, 5.41) is 0. The molecule has 0 amide bonds. The molecule has 0 bridgehead atoms. The van der Waals surface area contributed by atoms with Gasteiger partial charge in [-0.05, 0) is 23.8 Å². The summed E-state index contributed by atoms with van der Waals surface area (Å²) in [6, 6.07) is 4.00. The molecule has 0 saturated carbocycles. The van der Waals surface area contributed by atoms with Gasteiger partial charge in [0.15, 0.2) is 0 Å². The molecular weight excluding hydrogens is 206 g/mol. The molecule has 0 atom stereocenters. The van der Waals surface area contributed by atoms with Crippen molar-refractivity contribution in [3.05, 3.63) is 29.6 Å². The predicted octanol–water partition coefficient (Wildman–Crippen LogP) is 2.51. The van der Waals surface area contributed by atoms with E-state index in [2.05, 4.69) is 18.8 Å². The lowest BCUT2D eigenvalue weighted by atomic mass is 10.1. The Morgan fingerprint density at radius 2 is 2.20 bits per heavy atom. The number of thioether (sulfide) groups is 1. The summed E-state index contributed by atoms with van der Waals surface area (Å²) < 4.78 is 0. The molecule has 0 spiro atoms. The fourth-order valence-corrected chi connectivity index (χ4v) is 1.77. The minimum atomic E-state index is 0.263. The van der Waals surface area contributed by atoms with Crippen molar-refractivity contribution in [3.63, 3.8) is 0 Å². The zero-order valence-corrected chi connectivity index (χ0v) is 10.1. The summed E-state index contributed by atoms with van der Waals surface area (Å²) >= 11 is 1.67. The minimum absolute atomic E-state index is 0.263. The third-order valence-electron chi connectivity index (χ3n) is 2.14. The highest BCUT2D eigenvalue weighted by Gasteiger charge is 2.04. The molecule has 0 saturated heterocycles. The number of Topliss-reactive ketones (excluding diaryl/α,β-unsaturated/α-hetero) is 1. The van der Waals surface area contributed by atoms with Crippen LogP contribution in [0.15, 0.2) is 18.3 Å². The van der Waals surface area contributed by atoms with Crippen LogP contribution in [0.25, 0.3) is 0 Å². The van der Waals surface area contributed by atoms with Crippen molar-refractivity contribution >= 4 is 17.5 Å². The van der Waals surface area contributed by atoms with Crippen LogP contribution in [0.3, 0.4) is 0 Å². The van der Waals surface area contributed by atoms with Crippen LogP contribution in [0.1, 0.15) is 25.1 Å². The van der Waals surface area contributed by atoms with Gasteiger partial charge in [0.1, 0.15) is 5.78 Å². The molecule has 0 fully saturated rings. The highest BCUT2D eigenvalue weighted by Crippen LogP contribution is 2.05. The summed E-state index contributed by atoms with van der Waals surface area (Å²) in [5.74, 6) is 1.86. The summed E-state index contributed by atoms with van der Waals surface area (Å²) in [7, 11) is 0. The van der Waals surface area contributed by atoms with Crippen molar-refractivity contribution in [1.29, 1.82) is 0 Å². The zero-order valence-electron chi connectivity index (χ0n) is 9.32. The Balaban J connectivity index is 2.46. The molecule has 1 aromatic heterocycles. The largest absolute Gasteiger partial charge is 0.298 e. The fraction of sp³-hybridized carbons (Fsp3) is 0.500. The number of nitrogens with zero attached hydrogens (tertiary/aromatic N) is 1. The van der Waals surface area contributed by atoms with Crippen LogP contribution in [0.2, 0.25) is 0 Å². The maximum absolute atomic E-state index is 11.5. The third-order valence-corrected chi connectivity index (χ3v) is 3.07. The van der Waals surface area contributed by atoms with Gasteiger partial charge in [0, 0.05) is 18.3 Å². The van der Waals surface area contributed by atoms with Crippen LogP contribution in [0.4, 0.5) is 0 Å². The molecule has 3 heteroatoms. The summed E-state index contributed by atoms with van der Waals surface area (Å²) in [6.07, 6.45) is 3.32. The van der Waals surface area contributed by atoms with Gasteiger partial charge in [0.2, 0.25) is 0 Å². The number of pyridine rings is 1. The molecule has 2 nitrogen and oxygen atoms in total. The zero-order chi connectivity index (χ0) is 11.1. The molecule has 1 aromatic rings. The smallest absolute Gasteiger partial charge is 0.148 e. The first-order valence-electron chi connectivity index (χ1n) is 5.29. The second kappa shape index (κ2) is 6.62. The molecule has 0 aliphatic carbocycles. The van der Waals surface area contributed by atoms with Crippen molar-refractivity contribution < 1.29 is 4.79 Å². The lowest BCUT2D eigenvalue weighted by Crippen LogP contribution is -2.07. The van der Waals surface area contributed by atoms with Crippen LogP contribution in [0, 0.1) is 0 Å². The van der Waals surface area contributed by atoms with E-state index in [1.807, 2.05) is 18.3 Å². The maximum Gasteiger partial charge on any atom is 0.148 e. The first-order chi connectivity index (χ1) is 7.26. The van der Waals surface area contributed by atoms with E-state index in [1.165, 1.54) is 5.56 Å². The van der Waals surface area contributed by atoms with E-state index >= 15 is 0 Å². The maximum atomic E-state index is 11.5. The van der Waals surface area contributed by atoms with E-state index in [0.717, 1.165) is 17.9 Å². The minimum Gasteiger partial charge on any atom is -0.298 e. The second-order valence-corrected chi connectivity index (χ2v) is 4.64. The van der Waals surface area contributed by atoms with Gasteiger partial charge in [-0.3, -0.25) is 9.78 Å². The Kier molecular flexibility index (Phi) is 5.40. The molecule has 0 radical (unpaired) electrons. The van der Waals surface area contributed by atoms with Crippen molar-refractivity contribution in [2.75, 3.05) is 11.5 Å². The van der Waals surface area contributed by atoms with E-state index < -0.39 is 0 Å². The lowest BCUT2D eigenvalue weighted by molar-refractivity contribution is -0.116. The second-order valence-electron chi connectivity index (χ2n) is 3.36. The van der Waals surface area contributed by atoms with Gasteiger partial charge in [-0.2, -0.15) is 11.8 Å². The van der Waals surface area contributed by atoms with Crippen LogP contribution in [-0.2, 0) is 17.6 Å². The standard InChI is InChI=1S/C12H17NOS/c1-3-10-5-6-11(13-8-10)7-12(14)9-15-4-2/h5-6,8H,3-4,7,9H2,1-2H3. The molecule has 0 unspecified atom stereocenters. The lowest BCUT2D eigenvalue weighted by Gasteiger charge is -2.01. The van der Waals surface area contributed by atoms with E-state index in [0.29, 0.717) is 12.2 Å².